The van der Waals surface area contributed by atoms with Gasteiger partial charge in [0.2, 0.25) is 12.6 Å². The number of aromatic nitrogens is 2. The molecule has 84 valence electrons. The van der Waals surface area contributed by atoms with Gasteiger partial charge in [-0.2, -0.15) is 0 Å². The molecule has 5 nitrogen and oxygen atoms in total. The van der Waals surface area contributed by atoms with Crippen LogP contribution in [0.3, 0.4) is 0 Å². The van der Waals surface area contributed by atoms with Crippen LogP contribution in [-0.2, 0) is 20.7 Å². The fourth-order valence-corrected chi connectivity index (χ4v) is 1.40. The normalized spacial score (nSPS) is 17.3. The molecule has 1 fully saturated rings. The largest absolute Gasteiger partial charge is 0.450 e. The van der Waals surface area contributed by atoms with Gasteiger partial charge >= 0.3 is 5.97 Å². The van der Waals surface area contributed by atoms with Crippen molar-refractivity contribution in [2.45, 2.75) is 19.8 Å². The third kappa shape index (κ3) is 2.36. The van der Waals surface area contributed by atoms with E-state index in [2.05, 4.69) is 21.6 Å². The van der Waals surface area contributed by atoms with Crippen LogP contribution in [0.25, 0.3) is 6.08 Å². The number of aryl methyl sites for hydroxylation is 1. The van der Waals surface area contributed by atoms with Crippen LogP contribution in [0.4, 0.5) is 0 Å². The van der Waals surface area contributed by atoms with Crippen molar-refractivity contribution in [2.75, 3.05) is 6.79 Å². The van der Waals surface area contributed by atoms with E-state index in [4.69, 9.17) is 4.74 Å². The Bertz CT molecular complexity index is 429. The minimum absolute atomic E-state index is 0.0163. The highest BCUT2D eigenvalue weighted by Gasteiger charge is 2.20. The summed E-state index contributed by atoms with van der Waals surface area (Å²) in [5.41, 5.74) is 1.61. The molecule has 1 saturated heterocycles. The lowest BCUT2D eigenvalue weighted by molar-refractivity contribution is -0.135. The number of hydrogen-bond donors (Lipinski definition) is 0. The van der Waals surface area contributed by atoms with E-state index >= 15 is 0 Å². The molecule has 0 unspecified atom stereocenters. The minimum atomic E-state index is -0.448. The Labute approximate surface area is 93.1 Å². The zero-order valence-electron chi connectivity index (χ0n) is 8.97. The number of carbonyl (C=O) groups is 1. The van der Waals surface area contributed by atoms with Gasteiger partial charge < -0.3 is 9.47 Å². The average Bonchev–Trinajstić information content (AvgIpc) is 2.66. The van der Waals surface area contributed by atoms with Crippen LogP contribution >= 0.6 is 0 Å². The van der Waals surface area contributed by atoms with Crippen molar-refractivity contribution in [1.29, 1.82) is 0 Å². The Morgan fingerprint density at radius 1 is 1.44 bits per heavy atom. The van der Waals surface area contributed by atoms with Crippen LogP contribution in [0, 0.1) is 0 Å². The van der Waals surface area contributed by atoms with Gasteiger partial charge in [0.1, 0.15) is 6.33 Å². The van der Waals surface area contributed by atoms with E-state index < -0.39 is 5.97 Å². The monoisotopic (exact) mass is 220 g/mol. The van der Waals surface area contributed by atoms with Gasteiger partial charge in [-0.1, -0.05) is 13.3 Å². The van der Waals surface area contributed by atoms with E-state index in [0.717, 1.165) is 18.5 Å². The highest BCUT2D eigenvalue weighted by Crippen LogP contribution is 2.13. The molecule has 0 radical (unpaired) electrons. The molecule has 0 aromatic carbocycles. The highest BCUT2D eigenvalue weighted by atomic mass is 16.7. The van der Waals surface area contributed by atoms with Crippen LogP contribution in [0.15, 0.2) is 18.2 Å². The number of esters is 1. The molecule has 1 aromatic rings. The third-order valence-corrected chi connectivity index (χ3v) is 2.14. The number of carbonyl (C=O) groups excluding carboxylic acids is 1. The van der Waals surface area contributed by atoms with Crippen LogP contribution < -0.4 is 0 Å². The first kappa shape index (κ1) is 10.6. The molecular weight excluding hydrogens is 208 g/mol. The van der Waals surface area contributed by atoms with Crippen molar-refractivity contribution in [3.8, 4) is 0 Å². The first-order valence-corrected chi connectivity index (χ1v) is 5.12. The van der Waals surface area contributed by atoms with E-state index in [9.17, 15) is 4.79 Å². The van der Waals surface area contributed by atoms with Crippen molar-refractivity contribution >= 4 is 12.0 Å². The van der Waals surface area contributed by atoms with Gasteiger partial charge in [0, 0.05) is 11.8 Å². The average molecular weight is 220 g/mol. The van der Waals surface area contributed by atoms with Crippen molar-refractivity contribution in [3.05, 3.63) is 29.5 Å². The summed E-state index contributed by atoms with van der Waals surface area (Å²) in [6.45, 7) is 2.06. The Balaban J connectivity index is 2.20. The van der Waals surface area contributed by atoms with Crippen LogP contribution in [-0.4, -0.2) is 22.7 Å². The summed E-state index contributed by atoms with van der Waals surface area (Å²) in [5.74, 6) is -0.253. The second-order valence-electron chi connectivity index (χ2n) is 3.39. The van der Waals surface area contributed by atoms with Gasteiger partial charge in [-0.25, -0.2) is 14.8 Å². The molecule has 5 heteroatoms. The van der Waals surface area contributed by atoms with Gasteiger partial charge in [-0.05, 0) is 12.5 Å². The second kappa shape index (κ2) is 4.74. The molecule has 16 heavy (non-hydrogen) atoms. The van der Waals surface area contributed by atoms with Gasteiger partial charge in [0.15, 0.2) is 0 Å². The smallest absolute Gasteiger partial charge is 0.376 e. The van der Waals surface area contributed by atoms with E-state index in [1.54, 1.807) is 6.08 Å². The van der Waals surface area contributed by atoms with E-state index in [-0.39, 0.29) is 12.6 Å². The van der Waals surface area contributed by atoms with E-state index in [1.165, 1.54) is 6.33 Å². The fraction of sp³-hybridized carbons (Fsp3) is 0.364. The summed E-state index contributed by atoms with van der Waals surface area (Å²) >= 11 is 0. The zero-order valence-corrected chi connectivity index (χ0v) is 8.97. The summed E-state index contributed by atoms with van der Waals surface area (Å²) in [7, 11) is 0. The summed E-state index contributed by atoms with van der Waals surface area (Å²) in [6, 6.07) is 1.84. The number of rotatable bonds is 3. The Hall–Kier alpha value is -1.91. The molecule has 2 rings (SSSR count). The summed E-state index contributed by atoms with van der Waals surface area (Å²) in [6.07, 6.45) is 4.96. The second-order valence-corrected chi connectivity index (χ2v) is 3.39. The lowest BCUT2D eigenvalue weighted by Gasteiger charge is -1.98. The molecule has 0 bridgehead atoms. The number of hydrogen-bond acceptors (Lipinski definition) is 5. The molecule has 0 spiro atoms. The summed E-state index contributed by atoms with van der Waals surface area (Å²) in [5, 5.41) is 0. The maximum atomic E-state index is 11.1. The van der Waals surface area contributed by atoms with Crippen molar-refractivity contribution in [2.24, 2.45) is 0 Å². The van der Waals surface area contributed by atoms with Gasteiger partial charge in [-0.15, -0.1) is 0 Å². The molecular formula is C11H12N2O3. The van der Waals surface area contributed by atoms with Gasteiger partial charge in [0.25, 0.3) is 0 Å². The number of ether oxygens (including phenoxy) is 2. The molecule has 2 heterocycles. The lowest BCUT2D eigenvalue weighted by atomic mass is 10.2. The fourth-order valence-electron chi connectivity index (χ4n) is 1.40. The zero-order chi connectivity index (χ0) is 11.4. The molecule has 1 aliphatic rings. The van der Waals surface area contributed by atoms with Crippen molar-refractivity contribution in [1.82, 2.24) is 9.97 Å². The van der Waals surface area contributed by atoms with Crippen LogP contribution in [0.5, 0.6) is 0 Å². The molecule has 0 aliphatic carbocycles. The molecule has 0 amide bonds. The summed E-state index contributed by atoms with van der Waals surface area (Å²) < 4.78 is 9.64. The Morgan fingerprint density at radius 3 is 3.00 bits per heavy atom. The third-order valence-electron chi connectivity index (χ3n) is 2.14. The SMILES string of the molecule is CCCc1cc(/C=C2\OCOC2=O)ncn1. The highest BCUT2D eigenvalue weighted by molar-refractivity contribution is 5.92. The first-order valence-electron chi connectivity index (χ1n) is 5.12. The Kier molecular flexibility index (Phi) is 3.14. The number of nitrogens with zero attached hydrogens (tertiary/aromatic N) is 2. The van der Waals surface area contributed by atoms with Gasteiger partial charge in [0.05, 0.1) is 5.69 Å². The van der Waals surface area contributed by atoms with Crippen LogP contribution in [0.1, 0.15) is 24.7 Å². The quantitative estimate of drug-likeness (QED) is 0.567. The standard InChI is InChI=1S/C11H12N2O3/c1-2-3-8-4-9(13-6-12-8)5-10-11(14)16-7-15-10/h4-6H,2-3,7H2,1H3/b10-5-. The molecule has 1 aromatic heterocycles. The molecule has 1 aliphatic heterocycles. The van der Waals surface area contributed by atoms with Gasteiger partial charge in [-0.3, -0.25) is 0 Å². The van der Waals surface area contributed by atoms with E-state index in [1.807, 2.05) is 6.07 Å². The van der Waals surface area contributed by atoms with Crippen LogP contribution in [0.2, 0.25) is 0 Å². The first-order chi connectivity index (χ1) is 7.79. The predicted octanol–water partition coefficient (Wildman–Crippen LogP) is 1.30. The van der Waals surface area contributed by atoms with Crippen molar-refractivity contribution < 1.29 is 14.3 Å². The number of cyclic esters (lactones) is 1. The predicted molar refractivity (Wildman–Crippen MR) is 56.0 cm³/mol. The Morgan fingerprint density at radius 2 is 2.31 bits per heavy atom. The van der Waals surface area contributed by atoms with E-state index in [0.29, 0.717) is 5.69 Å². The molecule has 0 atom stereocenters. The van der Waals surface area contributed by atoms with Crippen molar-refractivity contribution in [3.63, 3.8) is 0 Å². The maximum absolute atomic E-state index is 11.1. The maximum Gasteiger partial charge on any atom is 0.376 e. The topological polar surface area (TPSA) is 61.3 Å². The lowest BCUT2D eigenvalue weighted by Crippen LogP contribution is -1.97. The molecule has 0 saturated carbocycles. The minimum Gasteiger partial charge on any atom is -0.450 e. The molecule has 0 N–H and O–H groups in total. The summed E-state index contributed by atoms with van der Waals surface area (Å²) in [4.78, 5) is 19.3.